The van der Waals surface area contributed by atoms with E-state index in [9.17, 15) is 8.78 Å². The lowest BCUT2D eigenvalue weighted by molar-refractivity contribution is 0.451. The van der Waals surface area contributed by atoms with Crippen molar-refractivity contribution in [2.24, 2.45) is 0 Å². The highest BCUT2D eigenvalue weighted by Gasteiger charge is 2.22. The Hall–Kier alpha value is -2.08. The first-order valence-corrected chi connectivity index (χ1v) is 7.42. The number of aromatic nitrogens is 2. The van der Waals surface area contributed by atoms with E-state index in [0.717, 1.165) is 41.6 Å². The molecule has 21 heavy (non-hydrogen) atoms. The molecule has 0 saturated carbocycles. The second-order valence-corrected chi connectivity index (χ2v) is 5.98. The van der Waals surface area contributed by atoms with Gasteiger partial charge in [0.25, 0.3) is 0 Å². The molecule has 0 radical (unpaired) electrons. The molecule has 0 amide bonds. The maximum absolute atomic E-state index is 13.3. The Kier molecular flexibility index (Phi) is 2.85. The number of thiophene rings is 1. The van der Waals surface area contributed by atoms with E-state index in [-0.39, 0.29) is 5.75 Å². The van der Waals surface area contributed by atoms with Crippen LogP contribution >= 0.6 is 11.3 Å². The zero-order valence-electron chi connectivity index (χ0n) is 10.9. The summed E-state index contributed by atoms with van der Waals surface area (Å²) in [6.45, 7) is 0. The van der Waals surface area contributed by atoms with Gasteiger partial charge in [-0.25, -0.2) is 18.7 Å². The van der Waals surface area contributed by atoms with Crippen LogP contribution in [-0.4, -0.2) is 9.97 Å². The highest BCUT2D eigenvalue weighted by Crippen LogP contribution is 2.40. The quantitative estimate of drug-likeness (QED) is 0.710. The van der Waals surface area contributed by atoms with Gasteiger partial charge in [0.1, 0.15) is 16.9 Å². The van der Waals surface area contributed by atoms with Gasteiger partial charge in [-0.1, -0.05) is 0 Å². The number of aryl methyl sites for hydroxylation is 2. The predicted molar refractivity (Wildman–Crippen MR) is 75.9 cm³/mol. The predicted octanol–water partition coefficient (Wildman–Crippen LogP) is 4.25. The van der Waals surface area contributed by atoms with Crippen LogP contribution in [0.2, 0.25) is 0 Å². The van der Waals surface area contributed by atoms with E-state index in [1.54, 1.807) is 11.3 Å². The van der Waals surface area contributed by atoms with E-state index in [4.69, 9.17) is 4.74 Å². The number of halogens is 2. The molecule has 6 heteroatoms. The highest BCUT2D eigenvalue weighted by molar-refractivity contribution is 7.18. The van der Waals surface area contributed by atoms with Gasteiger partial charge in [-0.15, -0.1) is 11.3 Å². The van der Waals surface area contributed by atoms with Crippen molar-refractivity contribution in [3.8, 4) is 11.6 Å². The van der Waals surface area contributed by atoms with Crippen molar-refractivity contribution in [3.05, 3.63) is 46.6 Å². The average molecular weight is 304 g/mol. The molecule has 0 N–H and O–H groups in total. The number of hydrogen-bond acceptors (Lipinski definition) is 4. The third-order valence-electron chi connectivity index (χ3n) is 3.57. The fourth-order valence-corrected chi connectivity index (χ4v) is 3.85. The van der Waals surface area contributed by atoms with Crippen LogP contribution in [0.15, 0.2) is 24.5 Å². The molecule has 1 aromatic carbocycles. The molecule has 106 valence electrons. The molecule has 2 aromatic heterocycles. The molecule has 0 fully saturated rings. The van der Waals surface area contributed by atoms with Gasteiger partial charge in [-0.05, 0) is 37.0 Å². The first-order valence-electron chi connectivity index (χ1n) is 6.60. The molecule has 0 spiro atoms. The van der Waals surface area contributed by atoms with Crippen LogP contribution in [-0.2, 0) is 12.8 Å². The number of ether oxygens (including phenoxy) is 1. The van der Waals surface area contributed by atoms with E-state index in [0.29, 0.717) is 5.88 Å². The maximum Gasteiger partial charge on any atom is 0.231 e. The molecule has 1 aliphatic carbocycles. The van der Waals surface area contributed by atoms with Gasteiger partial charge < -0.3 is 4.74 Å². The Morgan fingerprint density at radius 3 is 2.86 bits per heavy atom. The molecule has 0 aliphatic heterocycles. The van der Waals surface area contributed by atoms with Crippen LogP contribution in [0, 0.1) is 11.6 Å². The van der Waals surface area contributed by atoms with E-state index < -0.39 is 11.6 Å². The molecular weight excluding hydrogens is 294 g/mol. The summed E-state index contributed by atoms with van der Waals surface area (Å²) in [5.74, 6) is -1.20. The highest BCUT2D eigenvalue weighted by atomic mass is 32.1. The number of nitrogens with zero attached hydrogens (tertiary/aromatic N) is 2. The van der Waals surface area contributed by atoms with Crippen molar-refractivity contribution < 1.29 is 13.5 Å². The van der Waals surface area contributed by atoms with Gasteiger partial charge in [-0.3, -0.25) is 0 Å². The minimum Gasteiger partial charge on any atom is -0.438 e. The SMILES string of the molecule is Fc1ccc(Oc2ncnc3sc4c(c23)CCC4)cc1F. The molecule has 3 nitrogen and oxygen atoms in total. The number of fused-ring (bicyclic) bond motifs is 3. The van der Waals surface area contributed by atoms with Crippen molar-refractivity contribution >= 4 is 21.6 Å². The van der Waals surface area contributed by atoms with E-state index in [2.05, 4.69) is 9.97 Å². The summed E-state index contributed by atoms with van der Waals surface area (Å²) in [5, 5.41) is 0.903. The largest absolute Gasteiger partial charge is 0.438 e. The molecule has 0 atom stereocenters. The number of benzene rings is 1. The van der Waals surface area contributed by atoms with Crippen molar-refractivity contribution in [1.29, 1.82) is 0 Å². The molecule has 4 rings (SSSR count). The third kappa shape index (κ3) is 2.06. The van der Waals surface area contributed by atoms with E-state index >= 15 is 0 Å². The van der Waals surface area contributed by atoms with Crippen LogP contribution in [0.25, 0.3) is 10.2 Å². The van der Waals surface area contributed by atoms with Crippen LogP contribution in [0.1, 0.15) is 16.9 Å². The van der Waals surface area contributed by atoms with Gasteiger partial charge in [0, 0.05) is 10.9 Å². The Morgan fingerprint density at radius 2 is 2.00 bits per heavy atom. The minimum atomic E-state index is -0.937. The molecule has 3 aromatic rings. The molecular formula is C15H10F2N2OS. The molecule has 0 bridgehead atoms. The van der Waals surface area contributed by atoms with E-state index in [1.165, 1.54) is 22.8 Å². The topological polar surface area (TPSA) is 35.0 Å². The number of hydrogen-bond donors (Lipinski definition) is 0. The Balaban J connectivity index is 1.81. The van der Waals surface area contributed by atoms with Crippen molar-refractivity contribution in [2.75, 3.05) is 0 Å². The summed E-state index contributed by atoms with van der Waals surface area (Å²) in [4.78, 5) is 10.6. The van der Waals surface area contributed by atoms with Gasteiger partial charge in [0.15, 0.2) is 11.6 Å². The molecule has 0 unspecified atom stereocenters. The fraction of sp³-hybridized carbons (Fsp3) is 0.200. The first kappa shape index (κ1) is 12.6. The maximum atomic E-state index is 13.3. The molecule has 1 aliphatic rings. The van der Waals surface area contributed by atoms with Gasteiger partial charge in [0.2, 0.25) is 5.88 Å². The van der Waals surface area contributed by atoms with Crippen molar-refractivity contribution in [1.82, 2.24) is 9.97 Å². The lowest BCUT2D eigenvalue weighted by atomic mass is 10.2. The summed E-state index contributed by atoms with van der Waals surface area (Å²) in [7, 11) is 0. The summed E-state index contributed by atoms with van der Waals surface area (Å²) >= 11 is 1.65. The lowest BCUT2D eigenvalue weighted by Crippen LogP contribution is -1.93. The standard InChI is InChI=1S/C15H10F2N2OS/c16-10-5-4-8(6-11(10)17)20-14-13-9-2-1-3-12(9)21-15(13)19-7-18-14/h4-7H,1-3H2. The van der Waals surface area contributed by atoms with Crippen LogP contribution < -0.4 is 4.74 Å². The fourth-order valence-electron chi connectivity index (χ4n) is 2.63. The Morgan fingerprint density at radius 1 is 1.10 bits per heavy atom. The Labute approximate surface area is 123 Å². The number of rotatable bonds is 2. The minimum absolute atomic E-state index is 0.229. The van der Waals surface area contributed by atoms with Crippen molar-refractivity contribution in [3.63, 3.8) is 0 Å². The smallest absolute Gasteiger partial charge is 0.231 e. The average Bonchev–Trinajstić information content (AvgIpc) is 3.03. The lowest BCUT2D eigenvalue weighted by Gasteiger charge is -2.07. The first-order chi connectivity index (χ1) is 10.2. The molecule has 2 heterocycles. The second kappa shape index (κ2) is 4.73. The Bertz CT molecular complexity index is 847. The normalized spacial score (nSPS) is 13.6. The van der Waals surface area contributed by atoms with E-state index in [1.807, 2.05) is 0 Å². The monoisotopic (exact) mass is 304 g/mol. The van der Waals surface area contributed by atoms with Crippen LogP contribution in [0.3, 0.4) is 0 Å². The summed E-state index contributed by atoms with van der Waals surface area (Å²) in [5.41, 5.74) is 1.23. The summed E-state index contributed by atoms with van der Waals surface area (Å²) < 4.78 is 31.9. The van der Waals surface area contributed by atoms with Gasteiger partial charge in [-0.2, -0.15) is 0 Å². The molecule has 0 saturated heterocycles. The summed E-state index contributed by atoms with van der Waals surface area (Å²) in [6.07, 6.45) is 4.59. The zero-order valence-corrected chi connectivity index (χ0v) is 11.7. The van der Waals surface area contributed by atoms with Gasteiger partial charge in [0.05, 0.1) is 5.39 Å². The van der Waals surface area contributed by atoms with Crippen LogP contribution in [0.4, 0.5) is 8.78 Å². The summed E-state index contributed by atoms with van der Waals surface area (Å²) in [6, 6.07) is 3.45. The second-order valence-electron chi connectivity index (χ2n) is 4.89. The third-order valence-corrected chi connectivity index (χ3v) is 4.77. The van der Waals surface area contributed by atoms with Crippen molar-refractivity contribution in [2.45, 2.75) is 19.3 Å². The van der Waals surface area contributed by atoms with Gasteiger partial charge >= 0.3 is 0 Å². The zero-order chi connectivity index (χ0) is 14.4. The van der Waals surface area contributed by atoms with Crippen LogP contribution in [0.5, 0.6) is 11.6 Å².